The third-order valence-electron chi connectivity index (χ3n) is 6.50. The van der Waals surface area contributed by atoms with E-state index in [-0.39, 0.29) is 13.2 Å². The number of nitrogens with one attached hydrogen (secondary N) is 1. The molecule has 0 bridgehead atoms. The highest BCUT2D eigenvalue weighted by Gasteiger charge is 2.21. The lowest BCUT2D eigenvalue weighted by atomic mass is 10.0. The van der Waals surface area contributed by atoms with Gasteiger partial charge in [-0.25, -0.2) is 4.98 Å². The van der Waals surface area contributed by atoms with E-state index in [0.29, 0.717) is 35.5 Å². The van der Waals surface area contributed by atoms with Crippen molar-refractivity contribution in [1.29, 1.82) is 0 Å². The fourth-order valence-corrected chi connectivity index (χ4v) is 4.65. The molecule has 1 amide bonds. The number of aromatic nitrogens is 3. The highest BCUT2D eigenvalue weighted by molar-refractivity contribution is 5.76. The van der Waals surface area contributed by atoms with Gasteiger partial charge in [0.2, 0.25) is 11.7 Å². The van der Waals surface area contributed by atoms with Gasteiger partial charge in [-0.3, -0.25) is 4.79 Å². The standard InChI is InChI=1S/C27H34N4O5/c1-4-18-12-20(11-17(3)25(18)35-15-21(33)13-28-24(34)14-32)26-30-27(36-31-26)23-10-16(2)9-22(29-23)19-7-5-6-8-19/h9-12,19,21,32-33H,4-8,13-15H2,1-3H3,(H,28,34)/t21-/m0/s1. The van der Waals surface area contributed by atoms with Crippen molar-refractivity contribution in [2.45, 2.75) is 64.9 Å². The van der Waals surface area contributed by atoms with Crippen LogP contribution in [0.4, 0.5) is 0 Å². The quantitative estimate of drug-likeness (QED) is 0.390. The van der Waals surface area contributed by atoms with Crippen molar-refractivity contribution >= 4 is 5.91 Å². The summed E-state index contributed by atoms with van der Waals surface area (Å²) in [6.45, 7) is 5.40. The van der Waals surface area contributed by atoms with Gasteiger partial charge in [0.05, 0.1) is 0 Å². The summed E-state index contributed by atoms with van der Waals surface area (Å²) < 4.78 is 11.5. The van der Waals surface area contributed by atoms with Gasteiger partial charge in [-0.15, -0.1) is 0 Å². The van der Waals surface area contributed by atoms with E-state index in [2.05, 4.69) is 28.4 Å². The van der Waals surface area contributed by atoms with Crippen LogP contribution in [-0.2, 0) is 11.2 Å². The van der Waals surface area contributed by atoms with E-state index in [0.717, 1.165) is 27.9 Å². The smallest absolute Gasteiger partial charge is 0.276 e. The van der Waals surface area contributed by atoms with Crippen molar-refractivity contribution in [3.63, 3.8) is 0 Å². The van der Waals surface area contributed by atoms with E-state index < -0.39 is 18.6 Å². The van der Waals surface area contributed by atoms with Crippen LogP contribution in [0.1, 0.15) is 60.9 Å². The first-order valence-corrected chi connectivity index (χ1v) is 12.5. The zero-order valence-corrected chi connectivity index (χ0v) is 21.1. The molecule has 1 aliphatic carbocycles. The molecule has 0 saturated heterocycles. The number of hydrogen-bond acceptors (Lipinski definition) is 8. The predicted octanol–water partition coefficient (Wildman–Crippen LogP) is 3.48. The van der Waals surface area contributed by atoms with Crippen molar-refractivity contribution in [2.75, 3.05) is 19.8 Å². The SMILES string of the molecule is CCc1cc(-c2noc(-c3cc(C)cc(C4CCCC4)n3)n2)cc(C)c1OC[C@@H](O)CNC(=O)CO. The highest BCUT2D eigenvalue weighted by atomic mass is 16.5. The molecule has 1 aromatic carbocycles. The third-order valence-corrected chi connectivity index (χ3v) is 6.50. The maximum Gasteiger partial charge on any atom is 0.276 e. The number of carbonyl (C=O) groups is 1. The van der Waals surface area contributed by atoms with Gasteiger partial charge in [-0.05, 0) is 74.1 Å². The number of pyridine rings is 1. The summed E-state index contributed by atoms with van der Waals surface area (Å²) in [5, 5.41) is 25.5. The van der Waals surface area contributed by atoms with Gasteiger partial charge in [0.15, 0.2) is 0 Å². The van der Waals surface area contributed by atoms with Crippen molar-refractivity contribution < 1.29 is 24.3 Å². The molecule has 9 heteroatoms. The summed E-state index contributed by atoms with van der Waals surface area (Å²) >= 11 is 0. The van der Waals surface area contributed by atoms with Crippen LogP contribution in [0.5, 0.6) is 5.75 Å². The summed E-state index contributed by atoms with van der Waals surface area (Å²) in [6.07, 6.45) is 4.65. The molecule has 0 radical (unpaired) electrons. The zero-order chi connectivity index (χ0) is 25.7. The second-order valence-corrected chi connectivity index (χ2v) is 9.42. The number of carbonyl (C=O) groups excluding carboxylic acids is 1. The first-order valence-electron chi connectivity index (χ1n) is 12.5. The van der Waals surface area contributed by atoms with E-state index in [4.69, 9.17) is 19.4 Å². The molecule has 1 saturated carbocycles. The fraction of sp³-hybridized carbons (Fsp3) is 0.481. The van der Waals surface area contributed by atoms with Gasteiger partial charge in [-0.1, -0.05) is 24.9 Å². The molecule has 9 nitrogen and oxygen atoms in total. The molecule has 192 valence electrons. The Hall–Kier alpha value is -3.30. The van der Waals surface area contributed by atoms with Crippen LogP contribution >= 0.6 is 0 Å². The third kappa shape index (κ3) is 6.09. The van der Waals surface area contributed by atoms with Crippen molar-refractivity contribution in [3.8, 4) is 28.7 Å². The van der Waals surface area contributed by atoms with Gasteiger partial charge in [-0.2, -0.15) is 4.98 Å². The number of nitrogens with zero attached hydrogens (tertiary/aromatic N) is 3. The molecular formula is C27H34N4O5. The number of aliphatic hydroxyl groups is 2. The normalized spacial score (nSPS) is 14.7. The minimum absolute atomic E-state index is 0.000917. The highest BCUT2D eigenvalue weighted by Crippen LogP contribution is 2.35. The van der Waals surface area contributed by atoms with Gasteiger partial charge < -0.3 is 24.8 Å². The zero-order valence-electron chi connectivity index (χ0n) is 21.1. The maximum absolute atomic E-state index is 11.2. The van der Waals surface area contributed by atoms with Gasteiger partial charge >= 0.3 is 0 Å². The Morgan fingerprint density at radius 3 is 2.69 bits per heavy atom. The van der Waals surface area contributed by atoms with Crippen LogP contribution in [0, 0.1) is 13.8 Å². The van der Waals surface area contributed by atoms with Gasteiger partial charge in [0.25, 0.3) is 5.89 Å². The molecular weight excluding hydrogens is 460 g/mol. The van der Waals surface area contributed by atoms with Crippen LogP contribution in [0.25, 0.3) is 23.0 Å². The molecule has 4 rings (SSSR count). The lowest BCUT2D eigenvalue weighted by molar-refractivity contribution is -0.124. The second kappa shape index (κ2) is 11.6. The summed E-state index contributed by atoms with van der Waals surface area (Å²) in [4.78, 5) is 20.7. The molecule has 0 aliphatic heterocycles. The molecule has 36 heavy (non-hydrogen) atoms. The molecule has 2 heterocycles. The van der Waals surface area contributed by atoms with E-state index in [1.54, 1.807) is 0 Å². The lowest BCUT2D eigenvalue weighted by Crippen LogP contribution is -2.36. The number of aryl methyl sites for hydroxylation is 3. The van der Waals surface area contributed by atoms with Crippen molar-refractivity contribution in [3.05, 3.63) is 46.6 Å². The molecule has 0 spiro atoms. The maximum atomic E-state index is 11.2. The molecule has 0 unspecified atom stereocenters. The Morgan fingerprint density at radius 2 is 1.97 bits per heavy atom. The largest absolute Gasteiger partial charge is 0.490 e. The number of amides is 1. The number of aliphatic hydroxyl groups excluding tert-OH is 2. The second-order valence-electron chi connectivity index (χ2n) is 9.42. The van der Waals surface area contributed by atoms with Crippen LogP contribution in [-0.4, -0.2) is 57.1 Å². The molecule has 1 fully saturated rings. The predicted molar refractivity (Wildman–Crippen MR) is 135 cm³/mol. The monoisotopic (exact) mass is 494 g/mol. The Balaban J connectivity index is 1.51. The molecule has 2 aromatic heterocycles. The van der Waals surface area contributed by atoms with E-state index in [1.165, 1.54) is 25.7 Å². The van der Waals surface area contributed by atoms with Crippen LogP contribution in [0.3, 0.4) is 0 Å². The Labute approximate surface area is 210 Å². The van der Waals surface area contributed by atoms with Crippen LogP contribution in [0.2, 0.25) is 0 Å². The number of benzene rings is 1. The summed E-state index contributed by atoms with van der Waals surface area (Å²) in [5.41, 5.74) is 5.56. The minimum Gasteiger partial charge on any atom is -0.490 e. The summed E-state index contributed by atoms with van der Waals surface area (Å²) in [6, 6.07) is 8.02. The number of rotatable bonds is 10. The van der Waals surface area contributed by atoms with E-state index >= 15 is 0 Å². The Morgan fingerprint density at radius 1 is 1.19 bits per heavy atom. The first-order chi connectivity index (χ1) is 17.4. The van der Waals surface area contributed by atoms with Crippen LogP contribution in [0.15, 0.2) is 28.8 Å². The molecule has 1 aliphatic rings. The summed E-state index contributed by atoms with van der Waals surface area (Å²) in [5.74, 6) is 1.51. The van der Waals surface area contributed by atoms with Crippen LogP contribution < -0.4 is 10.1 Å². The minimum atomic E-state index is -0.903. The fourth-order valence-electron chi connectivity index (χ4n) is 4.65. The summed E-state index contributed by atoms with van der Waals surface area (Å²) in [7, 11) is 0. The van der Waals surface area contributed by atoms with Gasteiger partial charge in [0.1, 0.15) is 30.8 Å². The first kappa shape index (κ1) is 25.8. The average molecular weight is 495 g/mol. The van der Waals surface area contributed by atoms with Gasteiger partial charge in [0, 0.05) is 23.7 Å². The van der Waals surface area contributed by atoms with Crippen molar-refractivity contribution in [2.24, 2.45) is 0 Å². The molecule has 3 aromatic rings. The lowest BCUT2D eigenvalue weighted by Gasteiger charge is -2.17. The van der Waals surface area contributed by atoms with Crippen molar-refractivity contribution in [1.82, 2.24) is 20.4 Å². The number of ether oxygens (including phenoxy) is 1. The number of hydrogen-bond donors (Lipinski definition) is 3. The molecule has 1 atom stereocenters. The Kier molecular flexibility index (Phi) is 8.32. The molecule has 3 N–H and O–H groups in total. The average Bonchev–Trinajstić information content (AvgIpc) is 3.58. The Bertz CT molecular complexity index is 1200. The van der Waals surface area contributed by atoms with E-state index in [1.807, 2.05) is 32.0 Å². The topological polar surface area (TPSA) is 131 Å². The van der Waals surface area contributed by atoms with E-state index in [9.17, 15) is 9.90 Å².